The van der Waals surface area contributed by atoms with Crippen LogP contribution in [0, 0.1) is 0 Å². The van der Waals surface area contributed by atoms with Gasteiger partial charge in [0.05, 0.1) is 5.56 Å². The number of benzene rings is 2. The third-order valence-corrected chi connectivity index (χ3v) is 3.19. The molecule has 0 aliphatic carbocycles. The summed E-state index contributed by atoms with van der Waals surface area (Å²) in [5.41, 5.74) is 7.25. The van der Waals surface area contributed by atoms with Crippen LogP contribution in [0.3, 0.4) is 0 Å². The first-order valence-corrected chi connectivity index (χ1v) is 6.57. The number of thiocarbonyl (C=S) groups is 1. The highest BCUT2D eigenvalue weighted by atomic mass is 32.1. The van der Waals surface area contributed by atoms with E-state index in [0.29, 0.717) is 16.5 Å². The lowest BCUT2D eigenvalue weighted by Gasteiger charge is -2.11. The minimum atomic E-state index is 0.314. The highest BCUT2D eigenvalue weighted by molar-refractivity contribution is 7.80. The molecule has 0 spiro atoms. The molecule has 0 saturated heterocycles. The van der Waals surface area contributed by atoms with E-state index in [4.69, 9.17) is 22.7 Å². The van der Waals surface area contributed by atoms with Crippen molar-refractivity contribution in [2.24, 2.45) is 5.73 Å². The molecule has 98 valence electrons. The number of fused-ring (bicyclic) bond motifs is 1. The molecule has 1 heterocycles. The van der Waals surface area contributed by atoms with Gasteiger partial charge in [0.15, 0.2) is 5.75 Å². The molecule has 0 fully saturated rings. The van der Waals surface area contributed by atoms with E-state index >= 15 is 0 Å². The van der Waals surface area contributed by atoms with Gasteiger partial charge >= 0.3 is 0 Å². The molecular formula is C16H12N2OS. The predicted molar refractivity (Wildman–Crippen MR) is 84.1 cm³/mol. The molecule has 0 aliphatic rings. The van der Waals surface area contributed by atoms with Crippen LogP contribution < -0.4 is 10.5 Å². The van der Waals surface area contributed by atoms with Gasteiger partial charge in [0.2, 0.25) is 0 Å². The Morgan fingerprint density at radius 1 is 0.950 bits per heavy atom. The normalized spacial score (nSPS) is 10.4. The SMILES string of the molecule is NC(=S)c1ccccc1Oc1cccc2cccnc12. The standard InChI is InChI=1S/C16H12N2OS/c17-16(20)12-7-1-2-8-13(12)19-14-9-3-5-11-6-4-10-18-15(11)14/h1-10H,(H2,17,20). The van der Waals surface area contributed by atoms with Crippen molar-refractivity contribution in [1.29, 1.82) is 0 Å². The maximum atomic E-state index is 5.95. The third-order valence-electron chi connectivity index (χ3n) is 2.97. The number of aromatic nitrogens is 1. The summed E-state index contributed by atoms with van der Waals surface area (Å²) in [6.07, 6.45) is 1.74. The van der Waals surface area contributed by atoms with E-state index in [2.05, 4.69) is 4.98 Å². The lowest BCUT2D eigenvalue weighted by Crippen LogP contribution is -2.10. The maximum Gasteiger partial charge on any atom is 0.153 e. The number of para-hydroxylation sites is 2. The Labute approximate surface area is 122 Å². The van der Waals surface area contributed by atoms with Crippen molar-refractivity contribution < 1.29 is 4.74 Å². The van der Waals surface area contributed by atoms with Crippen LogP contribution in [0.4, 0.5) is 0 Å². The average molecular weight is 280 g/mol. The van der Waals surface area contributed by atoms with E-state index < -0.39 is 0 Å². The molecule has 3 rings (SSSR count). The Morgan fingerprint density at radius 2 is 1.70 bits per heavy atom. The zero-order valence-electron chi connectivity index (χ0n) is 10.6. The molecule has 3 aromatic rings. The monoisotopic (exact) mass is 280 g/mol. The van der Waals surface area contributed by atoms with Crippen molar-refractivity contribution >= 4 is 28.1 Å². The first-order valence-electron chi connectivity index (χ1n) is 6.16. The summed E-state index contributed by atoms with van der Waals surface area (Å²) in [6.45, 7) is 0. The summed E-state index contributed by atoms with van der Waals surface area (Å²) >= 11 is 5.04. The van der Waals surface area contributed by atoms with Gasteiger partial charge in [-0.1, -0.05) is 42.5 Å². The second-order valence-electron chi connectivity index (χ2n) is 4.29. The number of ether oxygens (including phenoxy) is 1. The molecule has 2 N–H and O–H groups in total. The summed E-state index contributed by atoms with van der Waals surface area (Å²) in [4.78, 5) is 4.68. The Balaban J connectivity index is 2.08. The number of nitrogens with two attached hydrogens (primary N) is 1. The van der Waals surface area contributed by atoms with Gasteiger partial charge in [-0.25, -0.2) is 0 Å². The first-order chi connectivity index (χ1) is 9.75. The fraction of sp³-hybridized carbons (Fsp3) is 0. The molecule has 0 radical (unpaired) electrons. The van der Waals surface area contributed by atoms with Gasteiger partial charge in [-0.3, -0.25) is 4.98 Å². The van der Waals surface area contributed by atoms with Crippen molar-refractivity contribution in [2.75, 3.05) is 0 Å². The first kappa shape index (κ1) is 12.6. The van der Waals surface area contributed by atoms with Crippen LogP contribution >= 0.6 is 12.2 Å². The molecular weight excluding hydrogens is 268 g/mol. The molecule has 4 heteroatoms. The van der Waals surface area contributed by atoms with Gasteiger partial charge < -0.3 is 10.5 Å². The van der Waals surface area contributed by atoms with E-state index in [1.807, 2.05) is 54.6 Å². The van der Waals surface area contributed by atoms with Gasteiger partial charge in [-0.2, -0.15) is 0 Å². The van der Waals surface area contributed by atoms with Crippen molar-refractivity contribution in [1.82, 2.24) is 4.98 Å². The Morgan fingerprint density at radius 3 is 2.55 bits per heavy atom. The van der Waals surface area contributed by atoms with Gasteiger partial charge in [-0.15, -0.1) is 0 Å². The number of hydrogen-bond donors (Lipinski definition) is 1. The lowest BCUT2D eigenvalue weighted by molar-refractivity contribution is 0.486. The van der Waals surface area contributed by atoms with Gasteiger partial charge in [0.1, 0.15) is 16.3 Å². The summed E-state index contributed by atoms with van der Waals surface area (Å²) in [7, 11) is 0. The van der Waals surface area contributed by atoms with Crippen LogP contribution in [0.15, 0.2) is 60.8 Å². The zero-order chi connectivity index (χ0) is 13.9. The van der Waals surface area contributed by atoms with Crippen LogP contribution in [0.2, 0.25) is 0 Å². The maximum absolute atomic E-state index is 5.95. The summed E-state index contributed by atoms with van der Waals surface area (Å²) in [6, 6.07) is 17.2. The van der Waals surface area contributed by atoms with E-state index in [9.17, 15) is 0 Å². The number of hydrogen-bond acceptors (Lipinski definition) is 3. The Bertz CT molecular complexity index is 781. The molecule has 2 aromatic carbocycles. The highest BCUT2D eigenvalue weighted by Gasteiger charge is 2.09. The van der Waals surface area contributed by atoms with Crippen LogP contribution in [0.1, 0.15) is 5.56 Å². The molecule has 0 aliphatic heterocycles. The zero-order valence-corrected chi connectivity index (χ0v) is 11.4. The average Bonchev–Trinajstić information content (AvgIpc) is 2.48. The molecule has 0 unspecified atom stereocenters. The van der Waals surface area contributed by atoms with Crippen molar-refractivity contribution in [3.05, 3.63) is 66.4 Å². The quantitative estimate of drug-likeness (QED) is 0.744. The van der Waals surface area contributed by atoms with Crippen LogP contribution in [0.5, 0.6) is 11.5 Å². The molecule has 1 aromatic heterocycles. The smallest absolute Gasteiger partial charge is 0.153 e. The minimum Gasteiger partial charge on any atom is -0.454 e. The van der Waals surface area contributed by atoms with E-state index in [0.717, 1.165) is 16.5 Å². The Hall–Kier alpha value is -2.46. The van der Waals surface area contributed by atoms with Crippen molar-refractivity contribution in [3.63, 3.8) is 0 Å². The van der Waals surface area contributed by atoms with Crippen molar-refractivity contribution in [3.8, 4) is 11.5 Å². The van der Waals surface area contributed by atoms with E-state index in [1.54, 1.807) is 6.20 Å². The van der Waals surface area contributed by atoms with Gasteiger partial charge in [0, 0.05) is 11.6 Å². The number of rotatable bonds is 3. The van der Waals surface area contributed by atoms with E-state index in [1.165, 1.54) is 0 Å². The fourth-order valence-electron chi connectivity index (χ4n) is 2.04. The number of pyridine rings is 1. The molecule has 0 amide bonds. The third kappa shape index (κ3) is 2.33. The molecule has 20 heavy (non-hydrogen) atoms. The highest BCUT2D eigenvalue weighted by Crippen LogP contribution is 2.30. The molecule has 3 nitrogen and oxygen atoms in total. The topological polar surface area (TPSA) is 48.1 Å². The fourth-order valence-corrected chi connectivity index (χ4v) is 2.20. The molecule has 0 saturated carbocycles. The van der Waals surface area contributed by atoms with Crippen LogP contribution in [0.25, 0.3) is 10.9 Å². The molecule has 0 atom stereocenters. The van der Waals surface area contributed by atoms with Gasteiger partial charge in [-0.05, 0) is 24.3 Å². The molecule has 0 bridgehead atoms. The second-order valence-corrected chi connectivity index (χ2v) is 4.73. The summed E-state index contributed by atoms with van der Waals surface area (Å²) in [5.74, 6) is 1.32. The minimum absolute atomic E-state index is 0.314. The lowest BCUT2D eigenvalue weighted by atomic mass is 10.2. The summed E-state index contributed by atoms with van der Waals surface area (Å²) < 4.78 is 5.95. The van der Waals surface area contributed by atoms with E-state index in [-0.39, 0.29) is 0 Å². The van der Waals surface area contributed by atoms with Crippen molar-refractivity contribution in [2.45, 2.75) is 0 Å². The van der Waals surface area contributed by atoms with Crippen LogP contribution in [-0.4, -0.2) is 9.97 Å². The second kappa shape index (κ2) is 5.27. The van der Waals surface area contributed by atoms with Crippen LogP contribution in [-0.2, 0) is 0 Å². The Kier molecular flexibility index (Phi) is 3.31. The number of nitrogens with zero attached hydrogens (tertiary/aromatic N) is 1. The summed E-state index contributed by atoms with van der Waals surface area (Å²) in [5, 5.41) is 1.03. The largest absolute Gasteiger partial charge is 0.454 e. The van der Waals surface area contributed by atoms with Gasteiger partial charge in [0.25, 0.3) is 0 Å². The predicted octanol–water partition coefficient (Wildman–Crippen LogP) is 3.66.